The van der Waals surface area contributed by atoms with Crippen LogP contribution in [-0.2, 0) is 0 Å². The highest BCUT2D eigenvalue weighted by atomic mass is 35.5. The van der Waals surface area contributed by atoms with E-state index < -0.39 is 0 Å². The zero-order chi connectivity index (χ0) is 10.7. The molecular weight excluding hydrogens is 196 g/mol. The normalized spacial score (nSPS) is 10.3. The van der Waals surface area contributed by atoms with Gasteiger partial charge in [0.15, 0.2) is 0 Å². The molecule has 0 aromatic heterocycles. The van der Waals surface area contributed by atoms with E-state index in [1.807, 2.05) is 19.1 Å². The Bertz CT molecular complexity index is 319. The third-order valence-corrected chi connectivity index (χ3v) is 2.82. The van der Waals surface area contributed by atoms with Gasteiger partial charge in [0.25, 0.3) is 0 Å². The van der Waals surface area contributed by atoms with E-state index >= 15 is 0 Å². The monoisotopic (exact) mass is 212 g/mol. The van der Waals surface area contributed by atoms with Crippen molar-refractivity contribution >= 4 is 23.0 Å². The summed E-state index contributed by atoms with van der Waals surface area (Å²) < 4.78 is 0. The Labute approximate surface area is 90.7 Å². The number of nitrogen functional groups attached to an aromatic ring is 1. The van der Waals surface area contributed by atoms with Crippen molar-refractivity contribution in [3.63, 3.8) is 0 Å². The van der Waals surface area contributed by atoms with Gasteiger partial charge >= 0.3 is 0 Å². The molecule has 0 bridgehead atoms. The predicted molar refractivity (Wildman–Crippen MR) is 64.2 cm³/mol. The summed E-state index contributed by atoms with van der Waals surface area (Å²) in [6.07, 6.45) is 0. The van der Waals surface area contributed by atoms with Gasteiger partial charge < -0.3 is 10.6 Å². The third-order valence-electron chi connectivity index (χ3n) is 2.41. The average Bonchev–Trinajstić information content (AvgIpc) is 2.15. The second kappa shape index (κ2) is 4.56. The number of benzene rings is 1. The minimum absolute atomic E-state index is 0.735. The van der Waals surface area contributed by atoms with Gasteiger partial charge in [0.2, 0.25) is 0 Å². The molecule has 3 heteroatoms. The summed E-state index contributed by atoms with van der Waals surface area (Å²) in [5.74, 6) is 0. The summed E-state index contributed by atoms with van der Waals surface area (Å²) >= 11 is 5.98. The lowest BCUT2D eigenvalue weighted by Gasteiger charge is -2.23. The van der Waals surface area contributed by atoms with Crippen LogP contribution in [0, 0.1) is 6.92 Å². The highest BCUT2D eigenvalue weighted by molar-refractivity contribution is 6.31. The molecule has 0 aliphatic heterocycles. The van der Waals surface area contributed by atoms with Gasteiger partial charge in [0.1, 0.15) is 0 Å². The molecule has 0 unspecified atom stereocenters. The third kappa shape index (κ3) is 2.13. The smallest absolute Gasteiger partial charge is 0.0603 e. The van der Waals surface area contributed by atoms with Crippen LogP contribution in [0.15, 0.2) is 12.1 Å². The lowest BCUT2D eigenvalue weighted by atomic mass is 10.1. The molecule has 0 fully saturated rings. The minimum atomic E-state index is 0.735. The molecule has 0 heterocycles. The summed E-state index contributed by atoms with van der Waals surface area (Å²) in [4.78, 5) is 2.22. The van der Waals surface area contributed by atoms with Crippen LogP contribution < -0.4 is 10.6 Å². The fourth-order valence-corrected chi connectivity index (χ4v) is 1.69. The fraction of sp³-hybridized carbons (Fsp3) is 0.455. The first-order valence-electron chi connectivity index (χ1n) is 4.90. The number of anilines is 2. The van der Waals surface area contributed by atoms with Gasteiger partial charge in [0.05, 0.1) is 11.4 Å². The summed E-state index contributed by atoms with van der Waals surface area (Å²) in [6, 6.07) is 3.87. The molecule has 78 valence electrons. The predicted octanol–water partition coefficient (Wildman–Crippen LogP) is 3.08. The lowest BCUT2D eigenvalue weighted by Crippen LogP contribution is -2.23. The molecule has 0 amide bonds. The first-order chi connectivity index (χ1) is 6.60. The molecule has 1 aromatic rings. The Kier molecular flexibility index (Phi) is 3.64. The number of hydrogen-bond acceptors (Lipinski definition) is 2. The Hall–Kier alpha value is -0.890. The quantitative estimate of drug-likeness (QED) is 0.781. The van der Waals surface area contributed by atoms with Gasteiger partial charge in [-0.05, 0) is 38.5 Å². The van der Waals surface area contributed by atoms with Crippen molar-refractivity contribution in [2.75, 3.05) is 23.7 Å². The van der Waals surface area contributed by atoms with E-state index in [4.69, 9.17) is 17.3 Å². The van der Waals surface area contributed by atoms with E-state index in [0.29, 0.717) is 0 Å². The summed E-state index contributed by atoms with van der Waals surface area (Å²) in [6.45, 7) is 8.15. The van der Waals surface area contributed by atoms with Gasteiger partial charge in [-0.15, -0.1) is 0 Å². The zero-order valence-electron chi connectivity index (χ0n) is 8.97. The number of nitrogens with two attached hydrogens (primary N) is 1. The molecule has 0 aliphatic carbocycles. The van der Waals surface area contributed by atoms with Gasteiger partial charge in [-0.2, -0.15) is 0 Å². The maximum Gasteiger partial charge on any atom is 0.0603 e. The van der Waals surface area contributed by atoms with Crippen molar-refractivity contribution < 1.29 is 0 Å². The molecular formula is C11H17ClN2. The number of nitrogens with zero attached hydrogens (tertiary/aromatic N) is 1. The maximum absolute atomic E-state index is 5.98. The van der Waals surface area contributed by atoms with Crippen LogP contribution in [0.2, 0.25) is 5.02 Å². The van der Waals surface area contributed by atoms with Crippen molar-refractivity contribution in [2.45, 2.75) is 20.8 Å². The molecule has 1 aromatic carbocycles. The fourth-order valence-electron chi connectivity index (χ4n) is 1.52. The van der Waals surface area contributed by atoms with Crippen LogP contribution in [0.3, 0.4) is 0 Å². The molecule has 0 saturated carbocycles. The largest absolute Gasteiger partial charge is 0.397 e. The average molecular weight is 213 g/mol. The molecule has 0 radical (unpaired) electrons. The Balaban J connectivity index is 3.14. The number of halogens is 1. The van der Waals surface area contributed by atoms with Crippen molar-refractivity contribution in [2.24, 2.45) is 0 Å². The Morgan fingerprint density at radius 2 is 1.86 bits per heavy atom. The van der Waals surface area contributed by atoms with Crippen LogP contribution in [0.1, 0.15) is 19.4 Å². The van der Waals surface area contributed by atoms with Gasteiger partial charge in [-0.25, -0.2) is 0 Å². The molecule has 2 nitrogen and oxygen atoms in total. The second-order valence-corrected chi connectivity index (χ2v) is 3.74. The highest BCUT2D eigenvalue weighted by Crippen LogP contribution is 2.29. The van der Waals surface area contributed by atoms with E-state index in [9.17, 15) is 0 Å². The first kappa shape index (κ1) is 11.2. The molecule has 14 heavy (non-hydrogen) atoms. The number of rotatable bonds is 3. The van der Waals surface area contributed by atoms with E-state index in [1.54, 1.807) is 0 Å². The van der Waals surface area contributed by atoms with Gasteiger partial charge in [-0.1, -0.05) is 11.6 Å². The number of aryl methyl sites for hydroxylation is 1. The molecule has 0 saturated heterocycles. The van der Waals surface area contributed by atoms with E-state index in [2.05, 4.69) is 18.7 Å². The molecule has 0 spiro atoms. The second-order valence-electron chi connectivity index (χ2n) is 3.33. The number of hydrogen-bond donors (Lipinski definition) is 1. The summed E-state index contributed by atoms with van der Waals surface area (Å²) in [7, 11) is 0. The van der Waals surface area contributed by atoms with Crippen LogP contribution in [-0.4, -0.2) is 13.1 Å². The first-order valence-corrected chi connectivity index (χ1v) is 5.28. The van der Waals surface area contributed by atoms with Crippen molar-refractivity contribution in [3.05, 3.63) is 22.7 Å². The van der Waals surface area contributed by atoms with Crippen molar-refractivity contribution in [1.29, 1.82) is 0 Å². The Morgan fingerprint density at radius 3 is 2.36 bits per heavy atom. The summed E-state index contributed by atoms with van der Waals surface area (Å²) in [5.41, 5.74) is 8.82. The van der Waals surface area contributed by atoms with Crippen molar-refractivity contribution in [1.82, 2.24) is 0 Å². The summed E-state index contributed by atoms with van der Waals surface area (Å²) in [5, 5.41) is 0.735. The van der Waals surface area contributed by atoms with Gasteiger partial charge in [-0.3, -0.25) is 0 Å². The standard InChI is InChI=1S/C11H17ClN2/c1-4-14(5-2)11-6-8(3)9(12)7-10(11)13/h6-7H,4-5,13H2,1-3H3. The van der Waals surface area contributed by atoms with Crippen molar-refractivity contribution in [3.8, 4) is 0 Å². The lowest BCUT2D eigenvalue weighted by molar-refractivity contribution is 0.867. The molecule has 1 rings (SSSR count). The van der Waals surface area contributed by atoms with Crippen LogP contribution in [0.5, 0.6) is 0 Å². The SMILES string of the molecule is CCN(CC)c1cc(C)c(Cl)cc1N. The molecule has 0 aliphatic rings. The van der Waals surface area contributed by atoms with Gasteiger partial charge in [0, 0.05) is 18.1 Å². The highest BCUT2D eigenvalue weighted by Gasteiger charge is 2.08. The van der Waals surface area contributed by atoms with Crippen LogP contribution >= 0.6 is 11.6 Å². The maximum atomic E-state index is 5.98. The minimum Gasteiger partial charge on any atom is -0.397 e. The molecule has 2 N–H and O–H groups in total. The van der Waals surface area contributed by atoms with E-state index in [0.717, 1.165) is 35.1 Å². The van der Waals surface area contributed by atoms with E-state index in [-0.39, 0.29) is 0 Å². The zero-order valence-corrected chi connectivity index (χ0v) is 9.73. The topological polar surface area (TPSA) is 29.3 Å². The van der Waals surface area contributed by atoms with Crippen LogP contribution in [0.25, 0.3) is 0 Å². The Morgan fingerprint density at radius 1 is 1.29 bits per heavy atom. The molecule has 0 atom stereocenters. The van der Waals surface area contributed by atoms with E-state index in [1.165, 1.54) is 0 Å². The van der Waals surface area contributed by atoms with Crippen LogP contribution in [0.4, 0.5) is 11.4 Å².